The molecule has 104 valence electrons. The van der Waals surface area contributed by atoms with Crippen LogP contribution in [0.3, 0.4) is 0 Å². The van der Waals surface area contributed by atoms with Crippen molar-refractivity contribution in [2.75, 3.05) is 14.2 Å². The minimum Gasteiger partial charge on any atom is -0.497 e. The second-order valence-corrected chi connectivity index (χ2v) is 5.77. The summed E-state index contributed by atoms with van der Waals surface area (Å²) in [4.78, 5) is 14.0. The van der Waals surface area contributed by atoms with Crippen molar-refractivity contribution in [1.29, 1.82) is 0 Å². The minimum absolute atomic E-state index is 0.0178. The molecule has 0 unspecified atom stereocenters. The van der Waals surface area contributed by atoms with Crippen LogP contribution in [-0.4, -0.2) is 25.0 Å². The van der Waals surface area contributed by atoms with Crippen LogP contribution in [0.15, 0.2) is 48.5 Å². The summed E-state index contributed by atoms with van der Waals surface area (Å²) in [7, 11) is 3.44. The fraction of sp³-hybridized carbons (Fsp3) is 0.188. The fourth-order valence-corrected chi connectivity index (χ4v) is 2.29. The summed E-state index contributed by atoms with van der Waals surface area (Å²) in [5, 5.41) is 0. The Morgan fingerprint density at radius 2 is 1.90 bits per heavy atom. The molecule has 0 aromatic heterocycles. The average molecular weight is 381 g/mol. The lowest BCUT2D eigenvalue weighted by Crippen LogP contribution is -2.26. The second-order valence-electron chi connectivity index (χ2n) is 4.52. The van der Waals surface area contributed by atoms with Crippen LogP contribution in [0.2, 0.25) is 0 Å². The molecule has 1 amide bonds. The third-order valence-corrected chi connectivity index (χ3v) is 3.71. The van der Waals surface area contributed by atoms with Crippen molar-refractivity contribution in [2.24, 2.45) is 0 Å². The molecule has 0 saturated heterocycles. The summed E-state index contributed by atoms with van der Waals surface area (Å²) in [5.41, 5.74) is 1.75. The van der Waals surface area contributed by atoms with Crippen molar-refractivity contribution >= 4 is 28.5 Å². The number of halogens is 1. The van der Waals surface area contributed by atoms with Crippen LogP contribution in [0.1, 0.15) is 15.9 Å². The molecule has 0 N–H and O–H groups in total. The number of carbonyl (C=O) groups excluding carboxylic acids is 1. The van der Waals surface area contributed by atoms with E-state index in [4.69, 9.17) is 4.74 Å². The number of carbonyl (C=O) groups is 1. The van der Waals surface area contributed by atoms with Gasteiger partial charge in [0.05, 0.1) is 7.11 Å². The molecule has 2 aromatic carbocycles. The molecule has 0 radical (unpaired) electrons. The summed E-state index contributed by atoms with van der Waals surface area (Å²) < 4.78 is 6.31. The SMILES string of the molecule is COc1cccc(CN(C)C(=O)c2ccc(I)cc2)c1. The summed E-state index contributed by atoms with van der Waals surface area (Å²) in [5.74, 6) is 0.821. The van der Waals surface area contributed by atoms with Gasteiger partial charge in [-0.1, -0.05) is 12.1 Å². The molecule has 3 nitrogen and oxygen atoms in total. The molecule has 0 spiro atoms. The molecular formula is C16H16INO2. The van der Waals surface area contributed by atoms with Crippen LogP contribution in [0.5, 0.6) is 5.75 Å². The largest absolute Gasteiger partial charge is 0.497 e. The number of methoxy groups -OCH3 is 1. The van der Waals surface area contributed by atoms with Crippen molar-refractivity contribution in [3.05, 3.63) is 63.2 Å². The summed E-state index contributed by atoms with van der Waals surface area (Å²) in [6, 6.07) is 15.3. The first kappa shape index (κ1) is 14.8. The van der Waals surface area contributed by atoms with E-state index in [-0.39, 0.29) is 5.91 Å². The zero-order valence-electron chi connectivity index (χ0n) is 11.5. The van der Waals surface area contributed by atoms with Crippen LogP contribution < -0.4 is 4.74 Å². The first-order chi connectivity index (χ1) is 9.60. The molecular weight excluding hydrogens is 365 g/mol. The van der Waals surface area contributed by atoms with Gasteiger partial charge in [-0.05, 0) is 64.6 Å². The lowest BCUT2D eigenvalue weighted by atomic mass is 10.1. The number of amides is 1. The molecule has 0 fully saturated rings. The van der Waals surface area contributed by atoms with Crippen LogP contribution in [0.25, 0.3) is 0 Å². The second kappa shape index (κ2) is 6.74. The van der Waals surface area contributed by atoms with E-state index in [0.717, 1.165) is 14.9 Å². The molecule has 0 atom stereocenters. The Bertz CT molecular complexity index is 596. The molecule has 0 bridgehead atoms. The Morgan fingerprint density at radius 3 is 2.55 bits per heavy atom. The Kier molecular flexibility index (Phi) is 5.00. The molecule has 0 saturated carbocycles. The van der Waals surface area contributed by atoms with Gasteiger partial charge in [0.2, 0.25) is 0 Å². The smallest absolute Gasteiger partial charge is 0.253 e. The van der Waals surface area contributed by atoms with E-state index in [1.807, 2.05) is 48.5 Å². The minimum atomic E-state index is 0.0178. The lowest BCUT2D eigenvalue weighted by Gasteiger charge is -2.17. The van der Waals surface area contributed by atoms with Crippen molar-refractivity contribution in [2.45, 2.75) is 6.54 Å². The number of benzene rings is 2. The van der Waals surface area contributed by atoms with E-state index < -0.39 is 0 Å². The summed E-state index contributed by atoms with van der Waals surface area (Å²) in [6.07, 6.45) is 0. The van der Waals surface area contributed by atoms with Gasteiger partial charge in [-0.15, -0.1) is 0 Å². The number of hydrogen-bond donors (Lipinski definition) is 0. The first-order valence-corrected chi connectivity index (χ1v) is 7.32. The van der Waals surface area contributed by atoms with Gasteiger partial charge in [-0.2, -0.15) is 0 Å². The maximum Gasteiger partial charge on any atom is 0.253 e. The normalized spacial score (nSPS) is 10.2. The van der Waals surface area contributed by atoms with Crippen LogP contribution >= 0.6 is 22.6 Å². The van der Waals surface area contributed by atoms with Crippen molar-refractivity contribution in [3.63, 3.8) is 0 Å². The van der Waals surface area contributed by atoms with Crippen molar-refractivity contribution in [1.82, 2.24) is 4.90 Å². The summed E-state index contributed by atoms with van der Waals surface area (Å²) >= 11 is 2.22. The molecule has 0 aliphatic heterocycles. The predicted molar refractivity (Wildman–Crippen MR) is 88.0 cm³/mol. The molecule has 0 aliphatic carbocycles. The van der Waals surface area contributed by atoms with Gasteiger partial charge in [-0.25, -0.2) is 0 Å². The van der Waals surface area contributed by atoms with Gasteiger partial charge < -0.3 is 9.64 Å². The number of rotatable bonds is 4. The molecule has 4 heteroatoms. The third kappa shape index (κ3) is 3.72. The molecule has 0 heterocycles. The maximum absolute atomic E-state index is 12.3. The van der Waals surface area contributed by atoms with Gasteiger partial charge in [0.1, 0.15) is 5.75 Å². The van der Waals surface area contributed by atoms with Crippen molar-refractivity contribution in [3.8, 4) is 5.75 Å². The Balaban J connectivity index is 2.09. The number of nitrogens with zero attached hydrogens (tertiary/aromatic N) is 1. The third-order valence-electron chi connectivity index (χ3n) is 2.99. The van der Waals surface area contributed by atoms with E-state index >= 15 is 0 Å². The fourth-order valence-electron chi connectivity index (χ4n) is 1.93. The van der Waals surface area contributed by atoms with Crippen molar-refractivity contribution < 1.29 is 9.53 Å². The molecule has 2 rings (SSSR count). The number of ether oxygens (including phenoxy) is 1. The van der Waals surface area contributed by atoms with E-state index in [1.54, 1.807) is 19.1 Å². The highest BCUT2D eigenvalue weighted by Gasteiger charge is 2.12. The summed E-state index contributed by atoms with van der Waals surface area (Å²) in [6.45, 7) is 0.558. The van der Waals surface area contributed by atoms with E-state index in [1.165, 1.54) is 0 Å². The highest BCUT2D eigenvalue weighted by molar-refractivity contribution is 14.1. The lowest BCUT2D eigenvalue weighted by molar-refractivity contribution is 0.0785. The zero-order valence-corrected chi connectivity index (χ0v) is 13.6. The molecule has 20 heavy (non-hydrogen) atoms. The zero-order chi connectivity index (χ0) is 14.5. The van der Waals surface area contributed by atoms with Crippen LogP contribution in [0, 0.1) is 3.57 Å². The van der Waals surface area contributed by atoms with Gasteiger partial charge in [0, 0.05) is 22.7 Å². The topological polar surface area (TPSA) is 29.5 Å². The first-order valence-electron chi connectivity index (χ1n) is 6.24. The maximum atomic E-state index is 12.3. The Morgan fingerprint density at radius 1 is 1.20 bits per heavy atom. The van der Waals surface area contributed by atoms with Crippen LogP contribution in [-0.2, 0) is 6.54 Å². The average Bonchev–Trinajstić information content (AvgIpc) is 2.47. The van der Waals surface area contributed by atoms with E-state index in [2.05, 4.69) is 22.6 Å². The molecule has 0 aliphatic rings. The Hall–Kier alpha value is -1.56. The monoisotopic (exact) mass is 381 g/mol. The molecule has 2 aromatic rings. The quantitative estimate of drug-likeness (QED) is 0.758. The standard InChI is InChI=1S/C16H16INO2/c1-18(11-12-4-3-5-15(10-12)20-2)16(19)13-6-8-14(17)9-7-13/h3-10H,11H2,1-2H3. The van der Waals surface area contributed by atoms with Crippen LogP contribution in [0.4, 0.5) is 0 Å². The van der Waals surface area contributed by atoms with Gasteiger partial charge >= 0.3 is 0 Å². The number of hydrogen-bond acceptors (Lipinski definition) is 2. The van der Waals surface area contributed by atoms with Gasteiger partial charge in [0.15, 0.2) is 0 Å². The van der Waals surface area contributed by atoms with E-state index in [9.17, 15) is 4.79 Å². The predicted octanol–water partition coefficient (Wildman–Crippen LogP) is 3.57. The van der Waals surface area contributed by atoms with Gasteiger partial charge in [0.25, 0.3) is 5.91 Å². The highest BCUT2D eigenvalue weighted by Crippen LogP contribution is 2.15. The van der Waals surface area contributed by atoms with Gasteiger partial charge in [-0.3, -0.25) is 4.79 Å². The van der Waals surface area contributed by atoms with E-state index in [0.29, 0.717) is 12.1 Å². The highest BCUT2D eigenvalue weighted by atomic mass is 127. The Labute approximate surface area is 132 Å².